The van der Waals surface area contributed by atoms with Crippen molar-refractivity contribution in [3.05, 3.63) is 12.7 Å². The van der Waals surface area contributed by atoms with Crippen LogP contribution >= 0.6 is 0 Å². The molecule has 198 valence electrons. The van der Waals surface area contributed by atoms with Crippen LogP contribution in [0.5, 0.6) is 0 Å². The summed E-state index contributed by atoms with van der Waals surface area (Å²) < 4.78 is 7.63. The number of ether oxygens (including phenoxy) is 1. The molecule has 1 aliphatic heterocycles. The van der Waals surface area contributed by atoms with Crippen molar-refractivity contribution < 1.29 is 30.0 Å². The van der Waals surface area contributed by atoms with Crippen LogP contribution in [0.3, 0.4) is 0 Å². The van der Waals surface area contributed by atoms with Gasteiger partial charge in [0, 0.05) is 30.3 Å². The van der Waals surface area contributed by atoms with Crippen molar-refractivity contribution in [2.45, 2.75) is 49.8 Å². The normalized spacial score (nSPS) is 23.2. The number of unbranched alkanes of at least 4 members (excludes halogenated alkanes) is 1. The minimum Gasteiger partial charge on any atom is -0.480 e. The first-order valence-corrected chi connectivity index (χ1v) is 13.4. The Bertz CT molecular complexity index is 1060. The summed E-state index contributed by atoms with van der Waals surface area (Å²) in [5.74, 6) is 6.96. The molecule has 0 bridgehead atoms. The average molecular weight is 525 g/mol. The maximum Gasteiger partial charge on any atom is 0.320 e. The fourth-order valence-corrected chi connectivity index (χ4v) is 5.80. The first-order valence-electron chi connectivity index (χ1n) is 11.7. The Morgan fingerprint density at radius 3 is 2.81 bits per heavy atom. The number of aliphatic hydroxyl groups is 3. The lowest BCUT2D eigenvalue weighted by atomic mass is 10.1. The number of aliphatic hydroxyl groups excluding tert-OH is 3. The van der Waals surface area contributed by atoms with E-state index in [9.17, 15) is 15.0 Å². The molecule has 0 saturated carbocycles. The van der Waals surface area contributed by atoms with E-state index < -0.39 is 47.4 Å². The number of aliphatic carboxylic acids is 1. The maximum atomic E-state index is 11.2. The number of rotatable bonds is 13. The van der Waals surface area contributed by atoms with E-state index in [1.54, 1.807) is 4.57 Å². The highest BCUT2D eigenvalue weighted by Crippen LogP contribution is 2.33. The number of anilines is 1. The highest BCUT2D eigenvalue weighted by molar-refractivity contribution is 7.97. The van der Waals surface area contributed by atoms with Gasteiger partial charge in [0.15, 0.2) is 29.0 Å². The third kappa shape index (κ3) is 7.04. The fraction of sp³-hybridized carbons (Fsp3) is 0.636. The highest BCUT2D eigenvalue weighted by atomic mass is 32.2. The van der Waals surface area contributed by atoms with Crippen LogP contribution in [-0.4, -0.2) is 107 Å². The number of nitrogens with one attached hydrogen (secondary N) is 1. The number of fused-ring (bicyclic) bond motifs is 1. The third-order valence-electron chi connectivity index (χ3n) is 5.72. The van der Waals surface area contributed by atoms with Gasteiger partial charge < -0.3 is 41.9 Å². The molecule has 2 aromatic heterocycles. The Labute approximate surface area is 211 Å². The van der Waals surface area contributed by atoms with Gasteiger partial charge in [-0.15, -0.1) is 0 Å². The van der Waals surface area contributed by atoms with Gasteiger partial charge in [0.25, 0.3) is 0 Å². The van der Waals surface area contributed by atoms with Crippen molar-refractivity contribution in [1.29, 1.82) is 0 Å². The standard InChI is InChI=1S/C22H33N7O6S/c23-6-3-1-2-4-9-36(10-5-14(24)22(33)34)11-15-17(31)18(32)21(35-15)29-13-28-16-19(25-7-8-30)26-12-27-20(16)29/h12-15,17-18,21,30-32H,1,3,5-11,23-24H2,(H-,25,26,27,33,34)/p+1. The van der Waals surface area contributed by atoms with Gasteiger partial charge in [-0.1, -0.05) is 5.92 Å². The van der Waals surface area contributed by atoms with E-state index >= 15 is 0 Å². The van der Waals surface area contributed by atoms with Crippen LogP contribution in [0.2, 0.25) is 0 Å². The number of nitrogens with two attached hydrogens (primary N) is 2. The number of carbonyl (C=O) groups is 1. The molecule has 0 aromatic carbocycles. The smallest absolute Gasteiger partial charge is 0.320 e. The van der Waals surface area contributed by atoms with Crippen molar-refractivity contribution >= 4 is 33.8 Å². The molecule has 6 unspecified atom stereocenters. The second-order valence-corrected chi connectivity index (χ2v) is 10.6. The van der Waals surface area contributed by atoms with Gasteiger partial charge >= 0.3 is 5.97 Å². The molecule has 0 amide bonds. The van der Waals surface area contributed by atoms with Crippen LogP contribution in [0.4, 0.5) is 5.82 Å². The molecule has 13 nitrogen and oxygen atoms in total. The Morgan fingerprint density at radius 2 is 2.08 bits per heavy atom. The fourth-order valence-electron chi connectivity index (χ4n) is 3.73. The van der Waals surface area contributed by atoms with Gasteiger partial charge in [-0.2, -0.15) is 0 Å². The summed E-state index contributed by atoms with van der Waals surface area (Å²) in [4.78, 5) is 23.9. The first kappa shape index (κ1) is 28.1. The third-order valence-corrected chi connectivity index (χ3v) is 7.88. The van der Waals surface area contributed by atoms with E-state index in [1.165, 1.54) is 12.7 Å². The molecule has 6 atom stereocenters. The summed E-state index contributed by atoms with van der Waals surface area (Å²) in [6.45, 7) is 0.759. The molecule has 9 N–H and O–H groups in total. The second-order valence-electron chi connectivity index (χ2n) is 8.35. The van der Waals surface area contributed by atoms with E-state index in [1.807, 2.05) is 0 Å². The maximum absolute atomic E-state index is 11.2. The van der Waals surface area contributed by atoms with E-state index in [0.29, 0.717) is 47.2 Å². The monoisotopic (exact) mass is 524 g/mol. The molecule has 3 rings (SSSR count). The molecule has 0 aliphatic carbocycles. The lowest BCUT2D eigenvalue weighted by molar-refractivity contribution is -0.138. The Balaban J connectivity index is 1.73. The summed E-state index contributed by atoms with van der Waals surface area (Å²) >= 11 is 0. The van der Waals surface area contributed by atoms with Crippen LogP contribution in [0.25, 0.3) is 11.2 Å². The van der Waals surface area contributed by atoms with Crippen molar-refractivity contribution in [3.63, 3.8) is 0 Å². The lowest BCUT2D eigenvalue weighted by Gasteiger charge is -2.16. The number of hydrogen-bond acceptors (Lipinski definition) is 11. The van der Waals surface area contributed by atoms with Crippen LogP contribution in [0.1, 0.15) is 25.5 Å². The number of aromatic nitrogens is 4. The zero-order chi connectivity index (χ0) is 26.1. The molecular weight excluding hydrogens is 490 g/mol. The summed E-state index contributed by atoms with van der Waals surface area (Å²) in [5.41, 5.74) is 12.0. The molecule has 14 heteroatoms. The molecule has 0 spiro atoms. The largest absolute Gasteiger partial charge is 0.480 e. The summed E-state index contributed by atoms with van der Waals surface area (Å²) in [5, 5.41) is 42.7. The van der Waals surface area contributed by atoms with E-state index in [2.05, 4.69) is 32.1 Å². The number of carboxylic acids is 1. The van der Waals surface area contributed by atoms with Crippen molar-refractivity contribution in [2.24, 2.45) is 11.5 Å². The quantitative estimate of drug-likeness (QED) is 0.0861. The Morgan fingerprint density at radius 1 is 1.28 bits per heavy atom. The molecule has 3 heterocycles. The van der Waals surface area contributed by atoms with E-state index in [4.69, 9.17) is 26.4 Å². The molecular formula is C22H34N7O6S+. The van der Waals surface area contributed by atoms with Gasteiger partial charge in [0.2, 0.25) is 0 Å². The Kier molecular flexibility index (Phi) is 10.7. The SMILES string of the molecule is NCCCC#CC[S+](CCC(N)C(=O)O)CC1OC(n2cnc3c(NCCO)ncnc32)C(O)C1O. The molecule has 1 saturated heterocycles. The van der Waals surface area contributed by atoms with E-state index in [-0.39, 0.29) is 19.6 Å². The number of nitrogens with zero attached hydrogens (tertiary/aromatic N) is 4. The first-order chi connectivity index (χ1) is 17.4. The minimum absolute atomic E-state index is 0.0821. The van der Waals surface area contributed by atoms with Gasteiger partial charge in [0.1, 0.15) is 42.2 Å². The van der Waals surface area contributed by atoms with Gasteiger partial charge in [0.05, 0.1) is 12.9 Å². The minimum atomic E-state index is -1.24. The van der Waals surface area contributed by atoms with E-state index in [0.717, 1.165) is 6.42 Å². The average Bonchev–Trinajstić information content (AvgIpc) is 3.42. The van der Waals surface area contributed by atoms with Gasteiger partial charge in [-0.25, -0.2) is 15.0 Å². The summed E-state index contributed by atoms with van der Waals surface area (Å²) in [6.07, 6.45) is 0.490. The number of imidazole rings is 1. The van der Waals surface area contributed by atoms with Gasteiger partial charge in [-0.05, 0) is 18.9 Å². The number of hydrogen-bond donors (Lipinski definition) is 7. The zero-order valence-corrected chi connectivity index (χ0v) is 20.7. The van der Waals surface area contributed by atoms with Crippen LogP contribution in [0, 0.1) is 11.8 Å². The molecule has 0 radical (unpaired) electrons. The van der Waals surface area contributed by atoms with Crippen molar-refractivity contribution in [2.75, 3.05) is 42.3 Å². The molecule has 36 heavy (non-hydrogen) atoms. The topological polar surface area (TPSA) is 215 Å². The van der Waals surface area contributed by atoms with Crippen molar-refractivity contribution in [3.8, 4) is 11.8 Å². The highest BCUT2D eigenvalue weighted by Gasteiger charge is 2.47. The van der Waals surface area contributed by atoms with Gasteiger partial charge in [-0.3, -0.25) is 9.36 Å². The lowest BCUT2D eigenvalue weighted by Crippen LogP contribution is -2.38. The van der Waals surface area contributed by atoms with Crippen LogP contribution in [-0.2, 0) is 20.4 Å². The van der Waals surface area contributed by atoms with Crippen molar-refractivity contribution in [1.82, 2.24) is 19.5 Å². The van der Waals surface area contributed by atoms with Crippen LogP contribution in [0.15, 0.2) is 12.7 Å². The number of carboxylic acid groups (broad SMARTS) is 1. The molecule has 2 aromatic rings. The zero-order valence-electron chi connectivity index (χ0n) is 19.9. The summed E-state index contributed by atoms with van der Waals surface area (Å²) in [6, 6.07) is -0.983. The predicted molar refractivity (Wildman–Crippen MR) is 135 cm³/mol. The Hall–Kier alpha value is -2.51. The summed E-state index contributed by atoms with van der Waals surface area (Å²) in [7, 11) is -0.417. The second kappa shape index (κ2) is 13.7. The molecule has 1 aliphatic rings. The molecule has 1 fully saturated rings. The van der Waals surface area contributed by atoms with Crippen LogP contribution < -0.4 is 16.8 Å². The predicted octanol–water partition coefficient (Wildman–Crippen LogP) is -1.99.